The third-order valence-corrected chi connectivity index (χ3v) is 4.50. The first-order valence-electron chi connectivity index (χ1n) is 6.75. The van der Waals surface area contributed by atoms with E-state index < -0.39 is 0 Å². The van der Waals surface area contributed by atoms with Gasteiger partial charge in [-0.15, -0.1) is 0 Å². The molecule has 20 heavy (non-hydrogen) atoms. The zero-order valence-electron chi connectivity index (χ0n) is 12.2. The molecule has 1 aliphatic rings. The molecule has 2 rings (SSSR count). The minimum Gasteiger partial charge on any atom is -0.356 e. The average molecular weight is 291 g/mol. The zero-order valence-corrected chi connectivity index (χ0v) is 13.0. The van der Waals surface area contributed by atoms with Gasteiger partial charge in [-0.1, -0.05) is 36.0 Å². The second-order valence-electron chi connectivity index (χ2n) is 5.19. The molecule has 0 saturated carbocycles. The molecule has 0 spiro atoms. The maximum atomic E-state index is 11.0. The van der Waals surface area contributed by atoms with Crippen molar-refractivity contribution in [1.29, 1.82) is 0 Å². The van der Waals surface area contributed by atoms with Crippen molar-refractivity contribution in [1.82, 2.24) is 10.6 Å². The lowest BCUT2D eigenvalue weighted by atomic mass is 9.88. The molecule has 1 aliphatic heterocycles. The Morgan fingerprint density at radius 1 is 1.55 bits per heavy atom. The predicted molar refractivity (Wildman–Crippen MR) is 84.9 cm³/mol. The fourth-order valence-corrected chi connectivity index (χ4v) is 3.40. The van der Waals surface area contributed by atoms with Crippen molar-refractivity contribution in [3.63, 3.8) is 0 Å². The molecule has 1 saturated heterocycles. The standard InChI is InChI=1S/C15H21N3OS/c1-11(19)17-10-12-5-4-6-13(9-12)15(2)7-8-20-14(16-3)18-15/h4-6,9H,7-8,10H2,1-3H3,(H,16,18)(H,17,19). The van der Waals surface area contributed by atoms with Gasteiger partial charge in [0, 0.05) is 26.3 Å². The van der Waals surface area contributed by atoms with Crippen molar-refractivity contribution < 1.29 is 4.79 Å². The average Bonchev–Trinajstić information content (AvgIpc) is 2.45. The van der Waals surface area contributed by atoms with E-state index in [4.69, 9.17) is 0 Å². The molecule has 0 radical (unpaired) electrons. The molecule has 0 aliphatic carbocycles. The summed E-state index contributed by atoms with van der Waals surface area (Å²) in [6.45, 7) is 4.31. The first-order chi connectivity index (χ1) is 9.53. The number of aliphatic imine (C=N–C) groups is 1. The Morgan fingerprint density at radius 2 is 2.35 bits per heavy atom. The number of nitrogens with one attached hydrogen (secondary N) is 2. The summed E-state index contributed by atoms with van der Waals surface area (Å²) in [4.78, 5) is 15.3. The lowest BCUT2D eigenvalue weighted by molar-refractivity contribution is -0.119. The van der Waals surface area contributed by atoms with Crippen LogP contribution in [0.25, 0.3) is 0 Å². The van der Waals surface area contributed by atoms with E-state index in [1.165, 1.54) is 12.5 Å². The van der Waals surface area contributed by atoms with Gasteiger partial charge in [-0.2, -0.15) is 0 Å². The van der Waals surface area contributed by atoms with E-state index in [9.17, 15) is 4.79 Å². The third kappa shape index (κ3) is 3.54. The predicted octanol–water partition coefficient (Wildman–Crippen LogP) is 2.25. The molecule has 0 aromatic heterocycles. The highest BCUT2D eigenvalue weighted by Gasteiger charge is 2.31. The summed E-state index contributed by atoms with van der Waals surface area (Å²) in [6.07, 6.45) is 1.06. The van der Waals surface area contributed by atoms with Crippen molar-refractivity contribution in [2.24, 2.45) is 4.99 Å². The summed E-state index contributed by atoms with van der Waals surface area (Å²) in [5, 5.41) is 7.34. The van der Waals surface area contributed by atoms with Crippen LogP contribution >= 0.6 is 11.8 Å². The summed E-state index contributed by atoms with van der Waals surface area (Å²) >= 11 is 1.76. The molecule has 1 heterocycles. The Morgan fingerprint density at radius 3 is 3.05 bits per heavy atom. The van der Waals surface area contributed by atoms with E-state index in [1.54, 1.807) is 11.8 Å². The Kier molecular flexibility index (Phi) is 4.70. The maximum Gasteiger partial charge on any atom is 0.217 e. The van der Waals surface area contributed by atoms with E-state index in [2.05, 4.69) is 34.7 Å². The number of carbonyl (C=O) groups is 1. The first-order valence-corrected chi connectivity index (χ1v) is 7.74. The van der Waals surface area contributed by atoms with Crippen molar-refractivity contribution >= 4 is 22.8 Å². The van der Waals surface area contributed by atoms with Crippen LogP contribution < -0.4 is 10.6 Å². The molecule has 1 amide bonds. The van der Waals surface area contributed by atoms with Crippen LogP contribution in [0.2, 0.25) is 0 Å². The molecule has 108 valence electrons. The van der Waals surface area contributed by atoms with Crippen LogP contribution in [-0.4, -0.2) is 23.9 Å². The summed E-state index contributed by atoms with van der Waals surface area (Å²) in [5.41, 5.74) is 2.27. The SMILES string of the molecule is CN=C1NC(C)(c2cccc(CNC(C)=O)c2)CCS1. The number of amides is 1. The third-order valence-electron chi connectivity index (χ3n) is 3.53. The number of hydrogen-bond acceptors (Lipinski definition) is 3. The highest BCUT2D eigenvalue weighted by atomic mass is 32.2. The van der Waals surface area contributed by atoms with Crippen molar-refractivity contribution in [3.05, 3.63) is 35.4 Å². The summed E-state index contributed by atoms with van der Waals surface area (Å²) in [6, 6.07) is 8.37. The largest absolute Gasteiger partial charge is 0.356 e. The lowest BCUT2D eigenvalue weighted by Crippen LogP contribution is -2.46. The van der Waals surface area contributed by atoms with Gasteiger partial charge in [0.05, 0.1) is 5.54 Å². The Balaban J connectivity index is 2.19. The zero-order chi connectivity index (χ0) is 14.6. The van der Waals surface area contributed by atoms with Crippen LogP contribution in [0.5, 0.6) is 0 Å². The van der Waals surface area contributed by atoms with E-state index in [0.29, 0.717) is 6.54 Å². The van der Waals surface area contributed by atoms with Crippen LogP contribution in [0, 0.1) is 0 Å². The number of thioether (sulfide) groups is 1. The van der Waals surface area contributed by atoms with Gasteiger partial charge in [0.15, 0.2) is 5.17 Å². The number of benzene rings is 1. The quantitative estimate of drug-likeness (QED) is 0.898. The van der Waals surface area contributed by atoms with E-state index in [0.717, 1.165) is 22.9 Å². The monoisotopic (exact) mass is 291 g/mol. The number of nitrogens with zero attached hydrogens (tertiary/aromatic N) is 1. The van der Waals surface area contributed by atoms with Crippen LogP contribution in [0.3, 0.4) is 0 Å². The summed E-state index contributed by atoms with van der Waals surface area (Å²) < 4.78 is 0. The molecule has 4 nitrogen and oxygen atoms in total. The summed E-state index contributed by atoms with van der Waals surface area (Å²) in [7, 11) is 1.81. The van der Waals surface area contributed by atoms with Crippen LogP contribution in [0.15, 0.2) is 29.3 Å². The van der Waals surface area contributed by atoms with E-state index in [-0.39, 0.29) is 11.4 Å². The van der Waals surface area contributed by atoms with Gasteiger partial charge >= 0.3 is 0 Å². The molecule has 1 atom stereocenters. The number of carbonyl (C=O) groups excluding carboxylic acids is 1. The van der Waals surface area contributed by atoms with Crippen LogP contribution in [0.1, 0.15) is 31.4 Å². The van der Waals surface area contributed by atoms with Crippen molar-refractivity contribution in [2.75, 3.05) is 12.8 Å². The van der Waals surface area contributed by atoms with Gasteiger partial charge in [-0.25, -0.2) is 0 Å². The number of rotatable bonds is 3. The van der Waals surface area contributed by atoms with Gasteiger partial charge in [-0.05, 0) is 24.5 Å². The molecule has 1 aromatic rings. The fourth-order valence-electron chi connectivity index (χ4n) is 2.27. The molecule has 1 unspecified atom stereocenters. The van der Waals surface area contributed by atoms with Crippen molar-refractivity contribution in [3.8, 4) is 0 Å². The first kappa shape index (κ1) is 14.9. The van der Waals surface area contributed by atoms with Gasteiger partial charge in [0.1, 0.15) is 0 Å². The van der Waals surface area contributed by atoms with Gasteiger partial charge < -0.3 is 10.6 Å². The summed E-state index contributed by atoms with van der Waals surface area (Å²) in [5.74, 6) is 1.06. The van der Waals surface area contributed by atoms with Gasteiger partial charge in [-0.3, -0.25) is 9.79 Å². The molecular weight excluding hydrogens is 270 g/mol. The molecule has 1 fully saturated rings. The second-order valence-corrected chi connectivity index (χ2v) is 6.28. The maximum absolute atomic E-state index is 11.0. The molecule has 0 bridgehead atoms. The smallest absolute Gasteiger partial charge is 0.217 e. The highest BCUT2D eigenvalue weighted by Crippen LogP contribution is 2.31. The Hall–Kier alpha value is -1.49. The molecular formula is C15H21N3OS. The molecule has 2 N–H and O–H groups in total. The van der Waals surface area contributed by atoms with Crippen molar-refractivity contribution in [2.45, 2.75) is 32.4 Å². The Labute approximate surface area is 124 Å². The lowest BCUT2D eigenvalue weighted by Gasteiger charge is -2.36. The Bertz CT molecular complexity index is 530. The minimum atomic E-state index is -0.0909. The number of hydrogen-bond donors (Lipinski definition) is 2. The van der Waals surface area contributed by atoms with Gasteiger partial charge in [0.2, 0.25) is 5.91 Å². The second kappa shape index (κ2) is 6.31. The number of amidine groups is 1. The minimum absolute atomic E-state index is 0.00536. The fraction of sp³-hybridized carbons (Fsp3) is 0.467. The topological polar surface area (TPSA) is 53.5 Å². The van der Waals surface area contributed by atoms with E-state index >= 15 is 0 Å². The van der Waals surface area contributed by atoms with Crippen LogP contribution in [-0.2, 0) is 16.9 Å². The van der Waals surface area contributed by atoms with Crippen LogP contribution in [0.4, 0.5) is 0 Å². The normalized spacial score (nSPS) is 24.2. The van der Waals surface area contributed by atoms with Gasteiger partial charge in [0.25, 0.3) is 0 Å². The highest BCUT2D eigenvalue weighted by molar-refractivity contribution is 8.13. The molecule has 1 aromatic carbocycles. The molecule has 5 heteroatoms. The van der Waals surface area contributed by atoms with E-state index in [1.807, 2.05) is 19.2 Å².